The Balaban J connectivity index is 6.51. The zero-order valence-electron chi connectivity index (χ0n) is 35.2. The Morgan fingerprint density at radius 3 is 1.02 bits per heavy atom. The second kappa shape index (κ2) is 21.3. The normalized spacial score (nSPS) is 12.0. The third kappa shape index (κ3) is 29.2. The van der Waals surface area contributed by atoms with Crippen molar-refractivity contribution in [2.75, 3.05) is 45.8 Å². The third-order valence-corrected chi connectivity index (χ3v) is 5.51. The first-order valence-corrected chi connectivity index (χ1v) is 17.7. The van der Waals surface area contributed by atoms with Gasteiger partial charge in [-0.25, -0.2) is 24.0 Å². The molecule has 0 saturated carbocycles. The molecule has 0 atom stereocenters. The summed E-state index contributed by atoms with van der Waals surface area (Å²) < 4.78 is 26.6. The zero-order chi connectivity index (χ0) is 43.0. The Morgan fingerprint density at radius 2 is 0.764 bits per heavy atom. The summed E-state index contributed by atoms with van der Waals surface area (Å²) in [6, 6.07) is 0. The van der Waals surface area contributed by atoms with Crippen molar-refractivity contribution in [2.24, 2.45) is 9.98 Å². The zero-order valence-corrected chi connectivity index (χ0v) is 35.2. The van der Waals surface area contributed by atoms with Gasteiger partial charge in [0, 0.05) is 26.2 Å². The maximum atomic E-state index is 12.9. The Bertz CT molecular complexity index is 1240. The van der Waals surface area contributed by atoms with Crippen LogP contribution in [0, 0.1) is 0 Å². The summed E-state index contributed by atoms with van der Waals surface area (Å²) in [5.74, 6) is -1.80. The molecular formula is C35H64N8O12. The van der Waals surface area contributed by atoms with E-state index in [4.69, 9.17) is 23.7 Å². The SMILES string of the molecule is CC(C)(C)OC(=O)NC(=NCCN(CCN=C(NC(=O)OC(C)(C)C)NC(=O)OC(C)(C)C)CCN(CC(=O)O)C(=O)OC(C)(C)C)NC(=O)OC(C)(C)C. The number of guanidine groups is 2. The molecule has 0 aliphatic rings. The highest BCUT2D eigenvalue weighted by Crippen LogP contribution is 2.11. The van der Waals surface area contributed by atoms with Crippen LogP contribution >= 0.6 is 0 Å². The van der Waals surface area contributed by atoms with Gasteiger partial charge in [-0.05, 0) is 104 Å². The van der Waals surface area contributed by atoms with E-state index < -0.39 is 71.0 Å². The maximum Gasteiger partial charge on any atom is 0.414 e. The monoisotopic (exact) mass is 788 g/mol. The number of hydrogen-bond donors (Lipinski definition) is 5. The Hall–Kier alpha value is -4.88. The fourth-order valence-corrected chi connectivity index (χ4v) is 3.75. The quantitative estimate of drug-likeness (QED) is 0.111. The van der Waals surface area contributed by atoms with Crippen LogP contribution in [0.1, 0.15) is 104 Å². The lowest BCUT2D eigenvalue weighted by Crippen LogP contribution is -2.48. The van der Waals surface area contributed by atoms with Crippen LogP contribution in [0.15, 0.2) is 9.98 Å². The summed E-state index contributed by atoms with van der Waals surface area (Å²) in [5.41, 5.74) is -4.32. The molecule has 0 saturated heterocycles. The van der Waals surface area contributed by atoms with Crippen LogP contribution < -0.4 is 21.3 Å². The minimum absolute atomic E-state index is 0.0603. The molecule has 5 amide bonds. The fourth-order valence-electron chi connectivity index (χ4n) is 3.75. The summed E-state index contributed by atoms with van der Waals surface area (Å²) in [7, 11) is 0. The molecule has 0 aromatic carbocycles. The van der Waals surface area contributed by atoms with E-state index in [1.807, 2.05) is 0 Å². The largest absolute Gasteiger partial charge is 0.480 e. The minimum atomic E-state index is -1.26. The van der Waals surface area contributed by atoms with Crippen LogP contribution in [0.5, 0.6) is 0 Å². The molecule has 5 N–H and O–H groups in total. The van der Waals surface area contributed by atoms with E-state index in [-0.39, 0.29) is 51.2 Å². The molecule has 0 aliphatic carbocycles. The van der Waals surface area contributed by atoms with E-state index in [0.29, 0.717) is 0 Å². The average molecular weight is 789 g/mol. The fraction of sp³-hybridized carbons (Fsp3) is 0.771. The number of hydrogen-bond acceptors (Lipinski definition) is 14. The number of carbonyl (C=O) groups is 6. The lowest BCUT2D eigenvalue weighted by Gasteiger charge is -2.29. The molecule has 0 spiro atoms. The summed E-state index contributed by atoms with van der Waals surface area (Å²) in [6.45, 7) is 24.3. The van der Waals surface area contributed by atoms with Crippen molar-refractivity contribution in [3.8, 4) is 0 Å². The molecule has 0 fully saturated rings. The van der Waals surface area contributed by atoms with Crippen molar-refractivity contribution in [2.45, 2.75) is 132 Å². The van der Waals surface area contributed by atoms with Crippen molar-refractivity contribution in [1.29, 1.82) is 0 Å². The van der Waals surface area contributed by atoms with E-state index in [2.05, 4.69) is 31.3 Å². The van der Waals surface area contributed by atoms with Crippen molar-refractivity contribution in [3.63, 3.8) is 0 Å². The standard InChI is InChI=1S/C35H64N8O12/c1-31(2,3)51-26(46)38-24(39-27(47)52-32(4,5)6)36-16-18-42(20-21-43(22-23(44)45)30(50)55-35(13,14)15)19-17-37-25(40-28(48)53-33(7,8)9)41-29(49)54-34(10,11)12/h16-22H2,1-15H3,(H,44,45)(H2,36,38,39,46,47)(H2,37,40,41,48,49). The van der Waals surface area contributed by atoms with Crippen LogP contribution in [0.2, 0.25) is 0 Å². The minimum Gasteiger partial charge on any atom is -0.480 e. The number of ether oxygens (including phenoxy) is 5. The van der Waals surface area contributed by atoms with Crippen LogP contribution in [0.4, 0.5) is 24.0 Å². The first-order chi connectivity index (χ1) is 24.7. The van der Waals surface area contributed by atoms with Crippen LogP contribution in [-0.2, 0) is 28.5 Å². The topological polar surface area (TPSA) is 248 Å². The first kappa shape index (κ1) is 50.1. The predicted octanol–water partition coefficient (Wildman–Crippen LogP) is 4.42. The van der Waals surface area contributed by atoms with Gasteiger partial charge in [-0.1, -0.05) is 0 Å². The van der Waals surface area contributed by atoms with Gasteiger partial charge in [0.15, 0.2) is 0 Å². The Labute approximate surface area is 324 Å². The molecule has 0 aromatic heterocycles. The van der Waals surface area contributed by atoms with Gasteiger partial charge >= 0.3 is 36.4 Å². The summed E-state index contributed by atoms with van der Waals surface area (Å²) in [6.07, 6.45) is -4.41. The number of carbonyl (C=O) groups excluding carboxylic acids is 5. The van der Waals surface area contributed by atoms with Crippen molar-refractivity contribution < 1.29 is 57.6 Å². The number of nitrogens with one attached hydrogen (secondary N) is 4. The Morgan fingerprint density at radius 1 is 0.473 bits per heavy atom. The van der Waals surface area contributed by atoms with Gasteiger partial charge in [0.05, 0.1) is 13.1 Å². The molecule has 0 aromatic rings. The molecule has 20 heteroatoms. The molecular weight excluding hydrogens is 724 g/mol. The molecule has 0 unspecified atom stereocenters. The van der Waals surface area contributed by atoms with Crippen LogP contribution in [0.25, 0.3) is 0 Å². The van der Waals surface area contributed by atoms with Gasteiger partial charge in [-0.2, -0.15) is 0 Å². The van der Waals surface area contributed by atoms with E-state index in [1.165, 1.54) is 0 Å². The second-order valence-electron chi connectivity index (χ2n) is 17.1. The molecule has 55 heavy (non-hydrogen) atoms. The number of amides is 5. The molecule has 0 radical (unpaired) electrons. The highest BCUT2D eigenvalue weighted by molar-refractivity contribution is 6.02. The third-order valence-electron chi connectivity index (χ3n) is 5.51. The molecule has 0 rings (SSSR count). The lowest BCUT2D eigenvalue weighted by atomic mass is 10.2. The molecule has 0 heterocycles. The van der Waals surface area contributed by atoms with E-state index in [9.17, 15) is 33.9 Å². The Kier molecular flexibility index (Phi) is 19.4. The highest BCUT2D eigenvalue weighted by Gasteiger charge is 2.26. The lowest BCUT2D eigenvalue weighted by molar-refractivity contribution is -0.138. The van der Waals surface area contributed by atoms with Crippen molar-refractivity contribution in [1.82, 2.24) is 31.1 Å². The molecule has 20 nitrogen and oxygen atoms in total. The number of carboxylic acid groups (broad SMARTS) is 1. The van der Waals surface area contributed by atoms with Gasteiger partial charge in [0.25, 0.3) is 0 Å². The van der Waals surface area contributed by atoms with Gasteiger partial charge in [0.2, 0.25) is 11.9 Å². The summed E-state index contributed by atoms with van der Waals surface area (Å²) >= 11 is 0. The molecule has 316 valence electrons. The number of alkyl carbamates (subject to hydrolysis) is 4. The van der Waals surface area contributed by atoms with Gasteiger partial charge in [-0.15, -0.1) is 0 Å². The van der Waals surface area contributed by atoms with E-state index >= 15 is 0 Å². The number of nitrogens with zero attached hydrogens (tertiary/aromatic N) is 4. The van der Waals surface area contributed by atoms with Crippen molar-refractivity contribution >= 4 is 48.4 Å². The second-order valence-corrected chi connectivity index (χ2v) is 17.1. The number of rotatable bonds is 11. The smallest absolute Gasteiger partial charge is 0.414 e. The molecule has 0 bridgehead atoms. The van der Waals surface area contributed by atoms with E-state index in [1.54, 1.807) is 109 Å². The predicted molar refractivity (Wildman–Crippen MR) is 204 cm³/mol. The first-order valence-electron chi connectivity index (χ1n) is 17.7. The maximum absolute atomic E-state index is 12.9. The number of aliphatic carboxylic acids is 1. The number of carboxylic acids is 1. The highest BCUT2D eigenvalue weighted by atomic mass is 16.6. The van der Waals surface area contributed by atoms with Crippen LogP contribution in [-0.4, -0.2) is 137 Å². The van der Waals surface area contributed by atoms with Crippen LogP contribution in [0.3, 0.4) is 0 Å². The van der Waals surface area contributed by atoms with Gasteiger partial charge in [0.1, 0.15) is 34.6 Å². The van der Waals surface area contributed by atoms with Crippen molar-refractivity contribution in [3.05, 3.63) is 0 Å². The summed E-state index contributed by atoms with van der Waals surface area (Å²) in [4.78, 5) is 86.2. The van der Waals surface area contributed by atoms with Gasteiger partial charge in [-0.3, -0.25) is 45.8 Å². The average Bonchev–Trinajstić information content (AvgIpc) is 2.89. The molecule has 0 aliphatic heterocycles. The van der Waals surface area contributed by atoms with Gasteiger partial charge < -0.3 is 28.8 Å². The number of aliphatic imine (C=N–C) groups is 2. The summed E-state index contributed by atoms with van der Waals surface area (Å²) in [5, 5.41) is 19.1. The van der Waals surface area contributed by atoms with E-state index in [0.717, 1.165) is 4.90 Å².